The first-order chi connectivity index (χ1) is 6.07. The van der Waals surface area contributed by atoms with E-state index in [1.807, 2.05) is 12.2 Å². The minimum absolute atomic E-state index is 0.177. The zero-order valence-corrected chi connectivity index (χ0v) is 8.27. The molecular formula is C9H7ClO2S. The molecule has 0 atom stereocenters. The SMILES string of the molecule is O=S(=O)(Cl)c1ccc2c(c1)CC=C2. The van der Waals surface area contributed by atoms with Crippen LogP contribution in [0.3, 0.4) is 0 Å². The molecule has 0 heterocycles. The van der Waals surface area contributed by atoms with Crippen LogP contribution in [-0.2, 0) is 15.5 Å². The predicted octanol–water partition coefficient (Wildman–Crippen LogP) is 2.18. The Balaban J connectivity index is 2.57. The van der Waals surface area contributed by atoms with Crippen molar-refractivity contribution < 1.29 is 8.42 Å². The molecule has 0 radical (unpaired) electrons. The van der Waals surface area contributed by atoms with Crippen molar-refractivity contribution in [3.63, 3.8) is 0 Å². The fraction of sp³-hybridized carbons (Fsp3) is 0.111. The van der Waals surface area contributed by atoms with E-state index in [2.05, 4.69) is 0 Å². The Kier molecular flexibility index (Phi) is 1.93. The first-order valence-electron chi connectivity index (χ1n) is 3.81. The fourth-order valence-electron chi connectivity index (χ4n) is 1.39. The highest BCUT2D eigenvalue weighted by Gasteiger charge is 2.13. The molecule has 1 aromatic rings. The summed E-state index contributed by atoms with van der Waals surface area (Å²) in [5.41, 5.74) is 2.09. The molecule has 2 rings (SSSR count). The van der Waals surface area contributed by atoms with Gasteiger partial charge in [-0.1, -0.05) is 18.2 Å². The largest absolute Gasteiger partial charge is 0.261 e. The van der Waals surface area contributed by atoms with Crippen LogP contribution >= 0.6 is 10.7 Å². The quantitative estimate of drug-likeness (QED) is 0.672. The molecule has 0 unspecified atom stereocenters. The van der Waals surface area contributed by atoms with Gasteiger partial charge >= 0.3 is 0 Å². The maximum Gasteiger partial charge on any atom is 0.261 e. The Bertz CT molecular complexity index is 474. The van der Waals surface area contributed by atoms with Crippen LogP contribution in [0.15, 0.2) is 29.2 Å². The van der Waals surface area contributed by atoms with Crippen molar-refractivity contribution >= 4 is 25.8 Å². The topological polar surface area (TPSA) is 34.1 Å². The third kappa shape index (κ3) is 1.62. The molecule has 13 heavy (non-hydrogen) atoms. The molecule has 0 spiro atoms. The number of allylic oxidation sites excluding steroid dienone is 1. The lowest BCUT2D eigenvalue weighted by atomic mass is 10.1. The molecule has 0 fully saturated rings. The Labute approximate surface area is 81.3 Å². The first-order valence-corrected chi connectivity index (χ1v) is 6.12. The average molecular weight is 215 g/mol. The van der Waals surface area contributed by atoms with Crippen LogP contribution in [0.25, 0.3) is 6.08 Å². The Morgan fingerprint density at radius 1 is 1.31 bits per heavy atom. The van der Waals surface area contributed by atoms with E-state index >= 15 is 0 Å². The maximum absolute atomic E-state index is 11.0. The standard InChI is InChI=1S/C9H7ClO2S/c10-13(11,12)9-5-4-7-2-1-3-8(7)6-9/h1-2,4-6H,3H2. The van der Waals surface area contributed by atoms with Crippen LogP contribution in [0.4, 0.5) is 0 Å². The maximum atomic E-state index is 11.0. The van der Waals surface area contributed by atoms with Crippen molar-refractivity contribution in [2.75, 3.05) is 0 Å². The number of hydrogen-bond donors (Lipinski definition) is 0. The molecular weight excluding hydrogens is 208 g/mol. The van der Waals surface area contributed by atoms with Crippen LogP contribution in [0, 0.1) is 0 Å². The van der Waals surface area contributed by atoms with Gasteiger partial charge in [0.1, 0.15) is 0 Å². The lowest BCUT2D eigenvalue weighted by Gasteiger charge is -2.00. The molecule has 0 aliphatic heterocycles. The van der Waals surface area contributed by atoms with Gasteiger partial charge in [0.25, 0.3) is 9.05 Å². The van der Waals surface area contributed by atoms with E-state index in [9.17, 15) is 8.42 Å². The minimum Gasteiger partial charge on any atom is -0.207 e. The number of rotatable bonds is 1. The van der Waals surface area contributed by atoms with E-state index in [4.69, 9.17) is 10.7 Å². The normalized spacial score (nSPS) is 14.5. The van der Waals surface area contributed by atoms with Gasteiger partial charge in [-0.25, -0.2) is 8.42 Å². The first kappa shape index (κ1) is 8.78. The molecule has 4 heteroatoms. The van der Waals surface area contributed by atoms with E-state index in [1.54, 1.807) is 12.1 Å². The monoisotopic (exact) mass is 214 g/mol. The molecule has 1 aromatic carbocycles. The van der Waals surface area contributed by atoms with Gasteiger partial charge in [0.2, 0.25) is 0 Å². The van der Waals surface area contributed by atoms with E-state index in [-0.39, 0.29) is 4.90 Å². The zero-order chi connectivity index (χ0) is 9.47. The Morgan fingerprint density at radius 2 is 2.08 bits per heavy atom. The fourth-order valence-corrected chi connectivity index (χ4v) is 2.19. The molecule has 1 aliphatic rings. The summed E-state index contributed by atoms with van der Waals surface area (Å²) in [6, 6.07) is 4.92. The van der Waals surface area contributed by atoms with Gasteiger partial charge in [-0.05, 0) is 29.7 Å². The van der Waals surface area contributed by atoms with E-state index in [0.29, 0.717) is 0 Å². The van der Waals surface area contributed by atoms with Gasteiger partial charge in [0, 0.05) is 10.7 Å². The van der Waals surface area contributed by atoms with Gasteiger partial charge < -0.3 is 0 Å². The van der Waals surface area contributed by atoms with Crippen molar-refractivity contribution in [1.82, 2.24) is 0 Å². The van der Waals surface area contributed by atoms with Crippen LogP contribution in [0.2, 0.25) is 0 Å². The molecule has 68 valence electrons. The number of benzene rings is 1. The van der Waals surface area contributed by atoms with Gasteiger partial charge in [-0.2, -0.15) is 0 Å². The van der Waals surface area contributed by atoms with E-state index in [0.717, 1.165) is 17.5 Å². The van der Waals surface area contributed by atoms with Gasteiger partial charge in [0.15, 0.2) is 0 Å². The van der Waals surface area contributed by atoms with Gasteiger partial charge in [-0.3, -0.25) is 0 Å². The second-order valence-electron chi connectivity index (χ2n) is 2.90. The highest BCUT2D eigenvalue weighted by Crippen LogP contribution is 2.24. The Morgan fingerprint density at radius 3 is 2.77 bits per heavy atom. The molecule has 0 saturated carbocycles. The molecule has 0 N–H and O–H groups in total. The Hall–Kier alpha value is -0.800. The van der Waals surface area contributed by atoms with Gasteiger partial charge in [-0.15, -0.1) is 0 Å². The summed E-state index contributed by atoms with van der Waals surface area (Å²) in [5.74, 6) is 0. The summed E-state index contributed by atoms with van der Waals surface area (Å²) in [6.07, 6.45) is 4.75. The molecule has 2 nitrogen and oxygen atoms in total. The number of halogens is 1. The molecule has 0 saturated heterocycles. The minimum atomic E-state index is -3.58. The second-order valence-corrected chi connectivity index (χ2v) is 5.47. The molecule has 0 bridgehead atoms. The van der Waals surface area contributed by atoms with Crippen LogP contribution in [0.1, 0.15) is 11.1 Å². The van der Waals surface area contributed by atoms with Crippen molar-refractivity contribution in [3.05, 3.63) is 35.4 Å². The lowest BCUT2D eigenvalue weighted by Crippen LogP contribution is -1.92. The predicted molar refractivity (Wildman–Crippen MR) is 52.2 cm³/mol. The molecule has 0 aromatic heterocycles. The average Bonchev–Trinajstić information content (AvgIpc) is 2.47. The van der Waals surface area contributed by atoms with Crippen molar-refractivity contribution in [2.45, 2.75) is 11.3 Å². The summed E-state index contributed by atoms with van der Waals surface area (Å²) < 4.78 is 22.0. The summed E-state index contributed by atoms with van der Waals surface area (Å²) in [5, 5.41) is 0. The van der Waals surface area contributed by atoms with E-state index in [1.165, 1.54) is 6.07 Å². The van der Waals surface area contributed by atoms with Crippen LogP contribution < -0.4 is 0 Å². The smallest absolute Gasteiger partial charge is 0.207 e. The zero-order valence-electron chi connectivity index (χ0n) is 6.70. The van der Waals surface area contributed by atoms with E-state index < -0.39 is 9.05 Å². The molecule has 1 aliphatic carbocycles. The third-order valence-corrected chi connectivity index (χ3v) is 3.38. The second kappa shape index (κ2) is 2.86. The van der Waals surface area contributed by atoms with Crippen molar-refractivity contribution in [1.29, 1.82) is 0 Å². The van der Waals surface area contributed by atoms with Gasteiger partial charge in [0.05, 0.1) is 4.90 Å². The summed E-state index contributed by atoms with van der Waals surface area (Å²) in [6.45, 7) is 0. The summed E-state index contributed by atoms with van der Waals surface area (Å²) in [4.78, 5) is 0.177. The highest BCUT2D eigenvalue weighted by molar-refractivity contribution is 8.13. The molecule has 0 amide bonds. The number of hydrogen-bond acceptors (Lipinski definition) is 2. The van der Waals surface area contributed by atoms with Crippen LogP contribution in [-0.4, -0.2) is 8.42 Å². The lowest BCUT2D eigenvalue weighted by molar-refractivity contribution is 0.609. The van der Waals surface area contributed by atoms with Crippen LogP contribution in [0.5, 0.6) is 0 Å². The highest BCUT2D eigenvalue weighted by atomic mass is 35.7. The summed E-state index contributed by atoms with van der Waals surface area (Å²) >= 11 is 0. The third-order valence-electron chi connectivity index (χ3n) is 2.03. The summed E-state index contributed by atoms with van der Waals surface area (Å²) in [7, 11) is 1.63. The van der Waals surface area contributed by atoms with Crippen molar-refractivity contribution in [3.8, 4) is 0 Å². The van der Waals surface area contributed by atoms with Crippen molar-refractivity contribution in [2.24, 2.45) is 0 Å². The number of fused-ring (bicyclic) bond motifs is 1.